The Balaban J connectivity index is 1.75. The Kier molecular flexibility index (Phi) is 4.97. The highest BCUT2D eigenvalue weighted by Crippen LogP contribution is 2.10. The highest BCUT2D eigenvalue weighted by atomic mass is 16.1. The summed E-state index contributed by atoms with van der Waals surface area (Å²) in [4.78, 5) is 14.6. The minimum atomic E-state index is 0.0580. The number of rotatable bonds is 5. The topological polar surface area (TPSA) is 32.3 Å². The molecule has 1 fully saturated rings. The fraction of sp³-hybridized carbons (Fsp3) is 0.562. The molecule has 0 unspecified atom stereocenters. The second-order valence-corrected chi connectivity index (χ2v) is 5.48. The number of aryl methyl sites for hydroxylation is 2. The molecule has 3 nitrogen and oxygen atoms in total. The average molecular weight is 260 g/mol. The van der Waals surface area contributed by atoms with Gasteiger partial charge in [-0.05, 0) is 64.4 Å². The van der Waals surface area contributed by atoms with Crippen molar-refractivity contribution in [2.45, 2.75) is 33.1 Å². The summed E-state index contributed by atoms with van der Waals surface area (Å²) in [5, 5.41) is 3.03. The van der Waals surface area contributed by atoms with E-state index in [9.17, 15) is 4.79 Å². The number of benzene rings is 1. The molecule has 104 valence electrons. The third-order valence-corrected chi connectivity index (χ3v) is 3.77. The maximum atomic E-state index is 12.1. The largest absolute Gasteiger partial charge is 0.352 e. The summed E-state index contributed by atoms with van der Waals surface area (Å²) < 4.78 is 0. The molecule has 1 heterocycles. The number of carbonyl (C=O) groups is 1. The summed E-state index contributed by atoms with van der Waals surface area (Å²) in [6, 6.07) is 6.01. The van der Waals surface area contributed by atoms with Gasteiger partial charge >= 0.3 is 0 Å². The molecule has 19 heavy (non-hydrogen) atoms. The Bertz CT molecular complexity index is 436. The van der Waals surface area contributed by atoms with Gasteiger partial charge in [-0.2, -0.15) is 0 Å². The van der Waals surface area contributed by atoms with Crippen molar-refractivity contribution in [3.05, 3.63) is 34.9 Å². The third kappa shape index (κ3) is 4.06. The van der Waals surface area contributed by atoms with Crippen molar-refractivity contribution in [1.82, 2.24) is 10.2 Å². The van der Waals surface area contributed by atoms with Gasteiger partial charge in [0.25, 0.3) is 5.91 Å². The van der Waals surface area contributed by atoms with Crippen molar-refractivity contribution in [1.29, 1.82) is 0 Å². The van der Waals surface area contributed by atoms with Gasteiger partial charge in [0.2, 0.25) is 0 Å². The number of amides is 1. The zero-order chi connectivity index (χ0) is 13.7. The van der Waals surface area contributed by atoms with Crippen molar-refractivity contribution >= 4 is 5.91 Å². The average Bonchev–Trinajstić information content (AvgIpc) is 2.90. The molecule has 1 amide bonds. The lowest BCUT2D eigenvalue weighted by atomic mass is 10.1. The van der Waals surface area contributed by atoms with E-state index in [1.807, 2.05) is 32.0 Å². The minimum Gasteiger partial charge on any atom is -0.352 e. The van der Waals surface area contributed by atoms with Crippen LogP contribution in [0.25, 0.3) is 0 Å². The summed E-state index contributed by atoms with van der Waals surface area (Å²) in [5.74, 6) is 0.0580. The molecular formula is C16H24N2O. The monoisotopic (exact) mass is 260 g/mol. The van der Waals surface area contributed by atoms with E-state index >= 15 is 0 Å². The Labute approximate surface area is 116 Å². The standard InChI is InChI=1S/C16H24N2O/c1-13-6-7-14(2)15(12-13)16(19)17-8-5-11-18-9-3-4-10-18/h6-7,12H,3-5,8-11H2,1-2H3,(H,17,19). The molecule has 1 aliphatic rings. The molecule has 0 spiro atoms. The van der Waals surface area contributed by atoms with E-state index in [2.05, 4.69) is 10.2 Å². The molecule has 0 radical (unpaired) electrons. The van der Waals surface area contributed by atoms with Crippen molar-refractivity contribution in [2.24, 2.45) is 0 Å². The maximum absolute atomic E-state index is 12.1. The van der Waals surface area contributed by atoms with Crippen LogP contribution in [0.2, 0.25) is 0 Å². The lowest BCUT2D eigenvalue weighted by Gasteiger charge is -2.14. The highest BCUT2D eigenvalue weighted by molar-refractivity contribution is 5.95. The van der Waals surface area contributed by atoms with Crippen LogP contribution in [0, 0.1) is 13.8 Å². The zero-order valence-electron chi connectivity index (χ0n) is 12.0. The van der Waals surface area contributed by atoms with E-state index in [1.54, 1.807) is 0 Å². The van der Waals surface area contributed by atoms with Gasteiger partial charge in [0.05, 0.1) is 0 Å². The van der Waals surface area contributed by atoms with Crippen LogP contribution in [0.1, 0.15) is 40.7 Å². The van der Waals surface area contributed by atoms with Crippen LogP contribution < -0.4 is 5.32 Å². The summed E-state index contributed by atoms with van der Waals surface area (Å²) >= 11 is 0. The SMILES string of the molecule is Cc1ccc(C)c(C(=O)NCCCN2CCCC2)c1. The van der Waals surface area contributed by atoms with E-state index in [1.165, 1.54) is 25.9 Å². The van der Waals surface area contributed by atoms with Gasteiger partial charge in [-0.15, -0.1) is 0 Å². The molecule has 0 saturated carbocycles. The first-order valence-electron chi connectivity index (χ1n) is 7.24. The van der Waals surface area contributed by atoms with Crippen LogP contribution in [-0.4, -0.2) is 37.0 Å². The number of nitrogens with zero attached hydrogens (tertiary/aromatic N) is 1. The minimum absolute atomic E-state index is 0.0580. The molecule has 1 aliphatic heterocycles. The predicted molar refractivity (Wildman–Crippen MR) is 78.5 cm³/mol. The third-order valence-electron chi connectivity index (χ3n) is 3.77. The summed E-state index contributed by atoms with van der Waals surface area (Å²) in [5.41, 5.74) is 2.98. The molecule has 0 aliphatic carbocycles. The van der Waals surface area contributed by atoms with Gasteiger partial charge in [0.15, 0.2) is 0 Å². The quantitative estimate of drug-likeness (QED) is 0.825. The second-order valence-electron chi connectivity index (χ2n) is 5.48. The van der Waals surface area contributed by atoms with Crippen LogP contribution in [0.15, 0.2) is 18.2 Å². The van der Waals surface area contributed by atoms with Crippen molar-refractivity contribution < 1.29 is 4.79 Å². The Morgan fingerprint density at radius 1 is 1.26 bits per heavy atom. The summed E-state index contributed by atoms with van der Waals surface area (Å²) in [6.07, 6.45) is 3.69. The maximum Gasteiger partial charge on any atom is 0.251 e. The van der Waals surface area contributed by atoms with Gasteiger partial charge in [-0.1, -0.05) is 17.7 Å². The number of hydrogen-bond donors (Lipinski definition) is 1. The fourth-order valence-electron chi connectivity index (χ4n) is 2.59. The van der Waals surface area contributed by atoms with Crippen LogP contribution in [0.3, 0.4) is 0 Å². The smallest absolute Gasteiger partial charge is 0.251 e. The first-order valence-corrected chi connectivity index (χ1v) is 7.24. The molecule has 3 heteroatoms. The van der Waals surface area contributed by atoms with Crippen molar-refractivity contribution in [3.63, 3.8) is 0 Å². The fourth-order valence-corrected chi connectivity index (χ4v) is 2.59. The number of likely N-dealkylation sites (tertiary alicyclic amines) is 1. The lowest BCUT2D eigenvalue weighted by molar-refractivity contribution is 0.0951. The van der Waals surface area contributed by atoms with Crippen LogP contribution >= 0.6 is 0 Å². The van der Waals surface area contributed by atoms with E-state index in [-0.39, 0.29) is 5.91 Å². The van der Waals surface area contributed by atoms with E-state index in [4.69, 9.17) is 0 Å². The van der Waals surface area contributed by atoms with E-state index in [0.717, 1.165) is 36.2 Å². The number of nitrogens with one attached hydrogen (secondary N) is 1. The van der Waals surface area contributed by atoms with Crippen LogP contribution in [0.5, 0.6) is 0 Å². The van der Waals surface area contributed by atoms with Gasteiger partial charge in [0.1, 0.15) is 0 Å². The Morgan fingerprint density at radius 3 is 2.74 bits per heavy atom. The molecule has 1 aromatic carbocycles. The summed E-state index contributed by atoms with van der Waals surface area (Å²) in [6.45, 7) is 8.33. The molecule has 2 rings (SSSR count). The second kappa shape index (κ2) is 6.71. The molecular weight excluding hydrogens is 236 g/mol. The number of carbonyl (C=O) groups excluding carboxylic acids is 1. The molecule has 0 bridgehead atoms. The Hall–Kier alpha value is -1.35. The Morgan fingerprint density at radius 2 is 2.00 bits per heavy atom. The molecule has 0 atom stereocenters. The normalized spacial score (nSPS) is 15.7. The predicted octanol–water partition coefficient (Wildman–Crippen LogP) is 2.52. The van der Waals surface area contributed by atoms with E-state index in [0.29, 0.717) is 0 Å². The zero-order valence-corrected chi connectivity index (χ0v) is 12.0. The van der Waals surface area contributed by atoms with Crippen LogP contribution in [0.4, 0.5) is 0 Å². The van der Waals surface area contributed by atoms with Gasteiger partial charge in [0, 0.05) is 12.1 Å². The van der Waals surface area contributed by atoms with Crippen LogP contribution in [-0.2, 0) is 0 Å². The number of hydrogen-bond acceptors (Lipinski definition) is 2. The first kappa shape index (κ1) is 14.1. The molecule has 0 aromatic heterocycles. The summed E-state index contributed by atoms with van der Waals surface area (Å²) in [7, 11) is 0. The van der Waals surface area contributed by atoms with Crippen molar-refractivity contribution in [3.8, 4) is 0 Å². The first-order chi connectivity index (χ1) is 9.16. The lowest BCUT2D eigenvalue weighted by Crippen LogP contribution is -2.29. The van der Waals surface area contributed by atoms with Gasteiger partial charge in [-0.25, -0.2) is 0 Å². The van der Waals surface area contributed by atoms with Gasteiger partial charge in [-0.3, -0.25) is 4.79 Å². The van der Waals surface area contributed by atoms with Crippen molar-refractivity contribution in [2.75, 3.05) is 26.2 Å². The highest BCUT2D eigenvalue weighted by Gasteiger charge is 2.11. The molecule has 1 saturated heterocycles. The van der Waals surface area contributed by atoms with E-state index < -0.39 is 0 Å². The molecule has 1 N–H and O–H groups in total. The molecule has 1 aromatic rings. The van der Waals surface area contributed by atoms with Gasteiger partial charge < -0.3 is 10.2 Å².